The molecule has 0 fully saturated rings. The molecule has 0 spiro atoms. The molecule has 1 N–H and O–H groups in total. The quantitative estimate of drug-likeness (QED) is 0.729. The van der Waals surface area contributed by atoms with Crippen molar-refractivity contribution in [2.75, 3.05) is 0 Å². The van der Waals surface area contributed by atoms with Crippen LogP contribution in [0.5, 0.6) is 5.88 Å². The van der Waals surface area contributed by atoms with E-state index in [0.717, 1.165) is 0 Å². The zero-order valence-corrected chi connectivity index (χ0v) is 7.42. The second-order valence-corrected chi connectivity index (χ2v) is 3.04. The Balaban J connectivity index is 2.86. The molecule has 1 aromatic carbocycles. The van der Waals surface area contributed by atoms with E-state index >= 15 is 0 Å². The highest BCUT2D eigenvalue weighted by Gasteiger charge is 2.36. The van der Waals surface area contributed by atoms with Crippen molar-refractivity contribution in [1.29, 1.82) is 0 Å². The second-order valence-electron chi connectivity index (χ2n) is 3.04. The van der Waals surface area contributed by atoms with Gasteiger partial charge >= 0.3 is 6.18 Å². The van der Waals surface area contributed by atoms with E-state index in [4.69, 9.17) is 5.11 Å². The third kappa shape index (κ3) is 1.60. The molecule has 0 aliphatic carbocycles. The predicted molar refractivity (Wildman–Crippen MR) is 48.4 cm³/mol. The molecule has 0 saturated heterocycles. The number of pyridine rings is 1. The summed E-state index contributed by atoms with van der Waals surface area (Å²) in [6.07, 6.45) is -3.39. The molecule has 78 valence electrons. The molecule has 0 unspecified atom stereocenters. The molecule has 0 bridgehead atoms. The number of rotatable bonds is 0. The Morgan fingerprint density at radius 1 is 1.13 bits per heavy atom. The lowest BCUT2D eigenvalue weighted by molar-refractivity contribution is -0.137. The average Bonchev–Trinajstić information content (AvgIpc) is 2.15. The first-order valence-corrected chi connectivity index (χ1v) is 4.14. The summed E-state index contributed by atoms with van der Waals surface area (Å²) < 4.78 is 37.7. The first-order chi connectivity index (χ1) is 7.00. The largest absolute Gasteiger partial charge is 0.493 e. The van der Waals surface area contributed by atoms with Gasteiger partial charge in [-0.1, -0.05) is 24.3 Å². The van der Waals surface area contributed by atoms with E-state index in [2.05, 4.69) is 4.98 Å². The molecule has 5 heteroatoms. The number of aromatic hydroxyl groups is 1. The average molecular weight is 213 g/mol. The van der Waals surface area contributed by atoms with Crippen molar-refractivity contribution < 1.29 is 18.3 Å². The van der Waals surface area contributed by atoms with Crippen molar-refractivity contribution in [2.45, 2.75) is 6.18 Å². The molecule has 2 rings (SSSR count). The Morgan fingerprint density at radius 2 is 1.80 bits per heavy atom. The highest BCUT2D eigenvalue weighted by atomic mass is 19.4. The Labute approximate surface area is 83.0 Å². The normalized spacial score (nSPS) is 11.9. The van der Waals surface area contributed by atoms with Crippen LogP contribution >= 0.6 is 0 Å². The number of fused-ring (bicyclic) bond motifs is 1. The minimum atomic E-state index is -4.60. The summed E-state index contributed by atoms with van der Waals surface area (Å²) in [4.78, 5) is 3.31. The van der Waals surface area contributed by atoms with Gasteiger partial charge in [-0.15, -0.1) is 0 Å². The smallest absolute Gasteiger partial charge is 0.422 e. The lowest BCUT2D eigenvalue weighted by Gasteiger charge is -2.10. The summed E-state index contributed by atoms with van der Waals surface area (Å²) in [6.45, 7) is 0. The van der Waals surface area contributed by atoms with Crippen LogP contribution in [-0.2, 0) is 6.18 Å². The number of hydrogen-bond acceptors (Lipinski definition) is 2. The molecule has 0 radical (unpaired) electrons. The summed E-state index contributed by atoms with van der Waals surface area (Å²) in [5, 5.41) is 9.42. The zero-order valence-electron chi connectivity index (χ0n) is 7.42. The number of aromatic nitrogens is 1. The van der Waals surface area contributed by atoms with Crippen LogP contribution in [-0.4, -0.2) is 10.1 Å². The maximum Gasteiger partial charge on any atom is 0.422 e. The standard InChI is InChI=1S/C10H6F3NO/c11-10(12,13)8-7-4-2-1-3-6(7)5-14-9(8)15/h1-5H,(H,14,15). The maximum atomic E-state index is 12.6. The van der Waals surface area contributed by atoms with Crippen molar-refractivity contribution in [3.8, 4) is 5.88 Å². The summed E-state index contributed by atoms with van der Waals surface area (Å²) >= 11 is 0. The van der Waals surface area contributed by atoms with Crippen LogP contribution in [0.3, 0.4) is 0 Å². The number of benzene rings is 1. The molecule has 1 heterocycles. The molecule has 1 aromatic heterocycles. The van der Waals surface area contributed by atoms with E-state index < -0.39 is 17.6 Å². The van der Waals surface area contributed by atoms with Crippen molar-refractivity contribution in [2.24, 2.45) is 0 Å². The van der Waals surface area contributed by atoms with E-state index in [-0.39, 0.29) is 5.39 Å². The minimum absolute atomic E-state index is 0.0440. The lowest BCUT2D eigenvalue weighted by atomic mass is 10.1. The summed E-state index contributed by atoms with van der Waals surface area (Å²) in [5.74, 6) is -0.985. The van der Waals surface area contributed by atoms with Gasteiger partial charge in [0, 0.05) is 17.0 Å². The highest BCUT2D eigenvalue weighted by Crippen LogP contribution is 2.39. The fourth-order valence-corrected chi connectivity index (χ4v) is 1.43. The minimum Gasteiger partial charge on any atom is -0.493 e. The molecule has 2 nitrogen and oxygen atoms in total. The molecular weight excluding hydrogens is 207 g/mol. The van der Waals surface area contributed by atoms with Crippen LogP contribution < -0.4 is 0 Å². The molecule has 2 aromatic rings. The van der Waals surface area contributed by atoms with Crippen molar-refractivity contribution >= 4 is 10.8 Å². The number of hydrogen-bond donors (Lipinski definition) is 1. The van der Waals surface area contributed by atoms with E-state index in [9.17, 15) is 13.2 Å². The van der Waals surface area contributed by atoms with Crippen molar-refractivity contribution in [3.63, 3.8) is 0 Å². The van der Waals surface area contributed by atoms with Gasteiger partial charge in [0.05, 0.1) is 0 Å². The first kappa shape index (κ1) is 9.76. The summed E-state index contributed by atoms with van der Waals surface area (Å²) in [7, 11) is 0. The molecule has 15 heavy (non-hydrogen) atoms. The van der Waals surface area contributed by atoms with Gasteiger partial charge in [0.25, 0.3) is 0 Å². The fraction of sp³-hybridized carbons (Fsp3) is 0.100. The molecule has 0 saturated carbocycles. The van der Waals surface area contributed by atoms with Crippen LogP contribution in [0, 0.1) is 0 Å². The predicted octanol–water partition coefficient (Wildman–Crippen LogP) is 2.96. The fourth-order valence-electron chi connectivity index (χ4n) is 1.43. The third-order valence-corrected chi connectivity index (χ3v) is 2.06. The summed E-state index contributed by atoms with van der Waals surface area (Å²) in [6, 6.07) is 5.91. The van der Waals surface area contributed by atoms with Gasteiger partial charge in [-0.25, -0.2) is 4.98 Å². The van der Waals surface area contributed by atoms with Gasteiger partial charge in [-0.05, 0) is 0 Å². The topological polar surface area (TPSA) is 33.1 Å². The Hall–Kier alpha value is -1.78. The Kier molecular flexibility index (Phi) is 2.03. The van der Waals surface area contributed by atoms with Gasteiger partial charge in [0.2, 0.25) is 5.88 Å². The van der Waals surface area contributed by atoms with E-state index in [1.54, 1.807) is 6.07 Å². The number of halogens is 3. The van der Waals surface area contributed by atoms with Crippen molar-refractivity contribution in [3.05, 3.63) is 36.0 Å². The van der Waals surface area contributed by atoms with Crippen LogP contribution in [0.15, 0.2) is 30.5 Å². The highest BCUT2D eigenvalue weighted by molar-refractivity contribution is 5.86. The first-order valence-electron chi connectivity index (χ1n) is 4.14. The van der Waals surface area contributed by atoms with Crippen LogP contribution in [0.25, 0.3) is 10.8 Å². The van der Waals surface area contributed by atoms with E-state index in [1.807, 2.05) is 0 Å². The van der Waals surface area contributed by atoms with Crippen molar-refractivity contribution in [1.82, 2.24) is 4.98 Å². The number of alkyl halides is 3. The van der Waals surface area contributed by atoms with Crippen LogP contribution in [0.1, 0.15) is 5.56 Å². The summed E-state index contributed by atoms with van der Waals surface area (Å²) in [5.41, 5.74) is -1.08. The third-order valence-electron chi connectivity index (χ3n) is 2.06. The van der Waals surface area contributed by atoms with Gasteiger partial charge < -0.3 is 5.11 Å². The van der Waals surface area contributed by atoms with Gasteiger partial charge in [0.15, 0.2) is 0 Å². The van der Waals surface area contributed by atoms with Gasteiger partial charge in [-0.3, -0.25) is 0 Å². The zero-order chi connectivity index (χ0) is 11.1. The second kappa shape index (κ2) is 3.12. The molecule has 0 amide bonds. The van der Waals surface area contributed by atoms with Gasteiger partial charge in [0.1, 0.15) is 5.56 Å². The van der Waals surface area contributed by atoms with Crippen LogP contribution in [0.2, 0.25) is 0 Å². The monoisotopic (exact) mass is 213 g/mol. The molecule has 0 aliphatic rings. The lowest BCUT2D eigenvalue weighted by Crippen LogP contribution is -2.07. The SMILES string of the molecule is Oc1ncc2ccccc2c1C(F)(F)F. The maximum absolute atomic E-state index is 12.6. The van der Waals surface area contributed by atoms with Crippen LogP contribution in [0.4, 0.5) is 13.2 Å². The van der Waals surface area contributed by atoms with Gasteiger partial charge in [-0.2, -0.15) is 13.2 Å². The Morgan fingerprint density at radius 3 is 2.47 bits per heavy atom. The van der Waals surface area contributed by atoms with E-state index in [0.29, 0.717) is 5.39 Å². The molecular formula is C10H6F3NO. The Bertz CT molecular complexity index is 507. The molecule has 0 atom stereocenters. The molecule has 0 aliphatic heterocycles. The number of nitrogens with zero attached hydrogens (tertiary/aromatic N) is 1. The van der Waals surface area contributed by atoms with E-state index in [1.165, 1.54) is 24.4 Å².